The number of hydrogen-bond acceptors (Lipinski definition) is 2. The molecule has 1 N–H and O–H groups in total. The minimum atomic E-state index is -0.325. The van der Waals surface area contributed by atoms with Crippen molar-refractivity contribution in [1.29, 1.82) is 0 Å². The van der Waals surface area contributed by atoms with Crippen LogP contribution in [-0.4, -0.2) is 36.8 Å². The van der Waals surface area contributed by atoms with Gasteiger partial charge in [0.25, 0.3) is 0 Å². The second-order valence-corrected chi connectivity index (χ2v) is 8.49. The Morgan fingerprint density at radius 2 is 1.88 bits per heavy atom. The molecule has 4 nitrogen and oxygen atoms in total. The molecule has 0 fully saturated rings. The Kier molecular flexibility index (Phi) is 6.45. The zero-order valence-corrected chi connectivity index (χ0v) is 18.9. The van der Waals surface area contributed by atoms with Crippen LogP contribution in [0, 0.1) is 5.82 Å². The van der Waals surface area contributed by atoms with Gasteiger partial charge in [-0.3, -0.25) is 0 Å². The Balaban J connectivity index is 1.79. The molecule has 0 heterocycles. The highest BCUT2D eigenvalue weighted by Gasteiger charge is 2.32. The fourth-order valence-corrected chi connectivity index (χ4v) is 4.39. The second-order valence-electron chi connectivity index (χ2n) is 8.49. The first-order valence-corrected chi connectivity index (χ1v) is 11.0. The smallest absolute Gasteiger partial charge is 0.347 e. The lowest BCUT2D eigenvalue weighted by atomic mass is 9.82. The maximum Gasteiger partial charge on any atom is 0.347 e. The van der Waals surface area contributed by atoms with Gasteiger partial charge in [-0.25, -0.2) is 4.39 Å². The van der Waals surface area contributed by atoms with Crippen LogP contribution in [-0.2, 0) is 13.0 Å². The molecule has 1 aliphatic rings. The summed E-state index contributed by atoms with van der Waals surface area (Å²) in [5, 5.41) is 11.6. The highest BCUT2D eigenvalue weighted by molar-refractivity contribution is 5.79. The summed E-state index contributed by atoms with van der Waals surface area (Å²) in [6.07, 6.45) is 2.80. The highest BCUT2D eigenvalue weighted by Crippen LogP contribution is 2.35. The summed E-state index contributed by atoms with van der Waals surface area (Å²) in [5.74, 6) is 0.522. The van der Waals surface area contributed by atoms with E-state index in [4.69, 9.17) is 4.74 Å². The molecular weight excluding hydrogens is 403 g/mol. The van der Waals surface area contributed by atoms with E-state index in [9.17, 15) is 9.50 Å². The number of nitrogens with zero attached hydrogens (tertiary/aromatic N) is 2. The lowest BCUT2D eigenvalue weighted by Gasteiger charge is -2.24. The maximum absolute atomic E-state index is 14.1. The van der Waals surface area contributed by atoms with Crippen LogP contribution in [0.1, 0.15) is 35.4 Å². The molecule has 166 valence electrons. The lowest BCUT2D eigenvalue weighted by molar-refractivity contribution is -0.469. The molecule has 1 unspecified atom stereocenters. The van der Waals surface area contributed by atoms with Crippen LogP contribution in [0.2, 0.25) is 0 Å². The van der Waals surface area contributed by atoms with E-state index in [-0.39, 0.29) is 17.6 Å². The van der Waals surface area contributed by atoms with Gasteiger partial charge in [0.1, 0.15) is 17.5 Å². The number of aryl methyl sites for hydroxylation is 1. The third kappa shape index (κ3) is 4.62. The molecule has 0 saturated carbocycles. The summed E-state index contributed by atoms with van der Waals surface area (Å²) >= 11 is 0. The molecule has 0 radical (unpaired) electrons. The zero-order chi connectivity index (χ0) is 22.7. The molecule has 5 heteroatoms. The monoisotopic (exact) mass is 433 g/mol. The van der Waals surface area contributed by atoms with E-state index in [1.165, 1.54) is 17.7 Å². The summed E-state index contributed by atoms with van der Waals surface area (Å²) in [6.45, 7) is 0.443. The van der Waals surface area contributed by atoms with Crippen molar-refractivity contribution in [3.63, 3.8) is 0 Å². The van der Waals surface area contributed by atoms with Crippen molar-refractivity contribution in [3.8, 4) is 5.75 Å². The fraction of sp³-hybridized carbons (Fsp3) is 0.296. The number of rotatable bonds is 6. The fourth-order valence-electron chi connectivity index (χ4n) is 4.39. The molecule has 4 rings (SSSR count). The van der Waals surface area contributed by atoms with Gasteiger partial charge in [0.2, 0.25) is 5.69 Å². The number of anilines is 1. The molecule has 0 aliphatic heterocycles. The number of fused-ring (bicyclic) bond motifs is 1. The molecular formula is C27H30FN2O2+. The van der Waals surface area contributed by atoms with Crippen LogP contribution < -0.4 is 9.64 Å². The minimum Gasteiger partial charge on any atom is -0.497 e. The Morgan fingerprint density at radius 3 is 2.56 bits per heavy atom. The van der Waals surface area contributed by atoms with Gasteiger partial charge in [-0.15, -0.1) is 0 Å². The molecule has 0 saturated heterocycles. The number of halogens is 1. The average molecular weight is 434 g/mol. The van der Waals surface area contributed by atoms with E-state index in [1.54, 1.807) is 13.2 Å². The normalized spacial score (nSPS) is 16.2. The molecule has 3 aromatic carbocycles. The highest BCUT2D eigenvalue weighted by atomic mass is 19.1. The number of aliphatic hydroxyl groups is 1. The van der Waals surface area contributed by atoms with E-state index in [1.807, 2.05) is 53.9 Å². The van der Waals surface area contributed by atoms with Gasteiger partial charge in [0.15, 0.2) is 6.54 Å². The van der Waals surface area contributed by atoms with Crippen molar-refractivity contribution in [2.45, 2.75) is 31.7 Å². The number of aliphatic hydroxyl groups excluding tert-OH is 1. The largest absolute Gasteiger partial charge is 0.497 e. The standard InChI is InChI=1S/C27H29FN2O2/c1-29(2)22-13-10-19(11-14-22)18-30(23-8-5-7-21(28)16-23)27(31)25-9-4-6-20-12-15-24(32-3)17-26(20)25/h5,7-8,10-17,25H,4,6,9,18H2,1-3H3/p+1. The number of ether oxygens (including phenoxy) is 1. The van der Waals surface area contributed by atoms with E-state index >= 15 is 0 Å². The second kappa shape index (κ2) is 9.43. The first kappa shape index (κ1) is 21.9. The van der Waals surface area contributed by atoms with Crippen LogP contribution in [0.5, 0.6) is 5.75 Å². The van der Waals surface area contributed by atoms with Crippen LogP contribution in [0.3, 0.4) is 0 Å². The first-order valence-electron chi connectivity index (χ1n) is 11.0. The molecule has 0 aromatic heterocycles. The molecule has 1 aliphatic carbocycles. The molecule has 32 heavy (non-hydrogen) atoms. The maximum atomic E-state index is 14.1. The molecule has 0 bridgehead atoms. The third-order valence-corrected chi connectivity index (χ3v) is 6.17. The number of hydrogen-bond donors (Lipinski definition) is 1. The van der Waals surface area contributed by atoms with Crippen molar-refractivity contribution < 1.29 is 18.8 Å². The minimum absolute atomic E-state index is 0.168. The SMILES string of the molecule is COc1ccc2c(c1)C(C(O)=[N+](Cc1ccc(N(C)C)cc1)c1cccc(F)c1)CCC2. The van der Waals surface area contributed by atoms with Crippen molar-refractivity contribution in [2.75, 3.05) is 26.1 Å². The molecule has 0 spiro atoms. The Labute approximate surface area is 189 Å². The van der Waals surface area contributed by atoms with E-state index in [2.05, 4.69) is 18.2 Å². The summed E-state index contributed by atoms with van der Waals surface area (Å²) in [5.41, 5.74) is 5.08. The van der Waals surface area contributed by atoms with Crippen LogP contribution >= 0.6 is 0 Å². The predicted molar refractivity (Wildman–Crippen MR) is 127 cm³/mol. The van der Waals surface area contributed by atoms with Gasteiger partial charge in [-0.2, -0.15) is 4.58 Å². The van der Waals surface area contributed by atoms with Crippen molar-refractivity contribution in [2.24, 2.45) is 0 Å². The van der Waals surface area contributed by atoms with E-state index in [0.717, 1.165) is 41.8 Å². The van der Waals surface area contributed by atoms with Crippen molar-refractivity contribution >= 4 is 17.3 Å². The van der Waals surface area contributed by atoms with E-state index in [0.29, 0.717) is 12.2 Å². The summed E-state index contributed by atoms with van der Waals surface area (Å²) < 4.78 is 21.4. The number of methoxy groups -OCH3 is 1. The topological polar surface area (TPSA) is 35.7 Å². The molecule has 1 atom stereocenters. The average Bonchev–Trinajstić information content (AvgIpc) is 2.81. The van der Waals surface area contributed by atoms with Gasteiger partial charge < -0.3 is 14.7 Å². The van der Waals surface area contributed by atoms with Gasteiger partial charge in [-0.1, -0.05) is 24.3 Å². The van der Waals surface area contributed by atoms with Crippen LogP contribution in [0.25, 0.3) is 0 Å². The van der Waals surface area contributed by atoms with Crippen LogP contribution in [0.4, 0.5) is 15.8 Å². The van der Waals surface area contributed by atoms with Gasteiger partial charge in [0, 0.05) is 37.5 Å². The Hall–Kier alpha value is -3.34. The quantitative estimate of drug-likeness (QED) is 0.302. The van der Waals surface area contributed by atoms with Gasteiger partial charge in [-0.05, 0) is 60.7 Å². The summed E-state index contributed by atoms with van der Waals surface area (Å²) in [7, 11) is 5.66. The molecule has 0 amide bonds. The summed E-state index contributed by atoms with van der Waals surface area (Å²) in [4.78, 5) is 2.05. The van der Waals surface area contributed by atoms with Crippen molar-refractivity contribution in [3.05, 3.63) is 89.2 Å². The van der Waals surface area contributed by atoms with Crippen molar-refractivity contribution in [1.82, 2.24) is 0 Å². The third-order valence-electron chi connectivity index (χ3n) is 6.17. The summed E-state index contributed by atoms with van der Waals surface area (Å²) in [6, 6.07) is 20.7. The molecule has 3 aromatic rings. The Morgan fingerprint density at radius 1 is 1.09 bits per heavy atom. The zero-order valence-electron chi connectivity index (χ0n) is 18.9. The van der Waals surface area contributed by atoms with Crippen LogP contribution in [0.15, 0.2) is 66.7 Å². The predicted octanol–water partition coefficient (Wildman–Crippen LogP) is 5.82. The lowest BCUT2D eigenvalue weighted by Crippen LogP contribution is -2.26. The van der Waals surface area contributed by atoms with E-state index < -0.39 is 0 Å². The van der Waals surface area contributed by atoms with Gasteiger partial charge >= 0.3 is 5.90 Å². The van der Waals surface area contributed by atoms with Gasteiger partial charge in [0.05, 0.1) is 7.11 Å². The Bertz CT molecular complexity index is 1120. The first-order chi connectivity index (χ1) is 15.5. The number of benzene rings is 3.